The van der Waals surface area contributed by atoms with Crippen LogP contribution in [0.1, 0.15) is 15.2 Å². The summed E-state index contributed by atoms with van der Waals surface area (Å²) in [5.41, 5.74) is -0.275. The molecule has 0 unspecified atom stereocenters. The van der Waals surface area contributed by atoms with Crippen LogP contribution in [-0.4, -0.2) is 34.2 Å². The molecular weight excluding hydrogens is 432 g/mol. The fourth-order valence-corrected chi connectivity index (χ4v) is 2.99. The number of aromatic carboxylic acids is 1. The molecule has 1 aromatic heterocycles. The van der Waals surface area contributed by atoms with E-state index in [0.29, 0.717) is 10.6 Å². The normalized spacial score (nSPS) is 10.0. The number of thiophene rings is 1. The van der Waals surface area contributed by atoms with Gasteiger partial charge >= 0.3 is 23.9 Å². The summed E-state index contributed by atoms with van der Waals surface area (Å²) in [6, 6.07) is 7.77. The van der Waals surface area contributed by atoms with Gasteiger partial charge in [0, 0.05) is 9.35 Å². The molecule has 11 heteroatoms. The highest BCUT2D eigenvalue weighted by Gasteiger charge is 2.20. The summed E-state index contributed by atoms with van der Waals surface area (Å²) in [5.74, 6) is -4.13. The van der Waals surface area contributed by atoms with E-state index in [0.717, 1.165) is 15.8 Å². The monoisotopic (exact) mass is 442 g/mol. The van der Waals surface area contributed by atoms with Crippen LogP contribution >= 0.6 is 27.3 Å². The summed E-state index contributed by atoms with van der Waals surface area (Å²) in [7, 11) is 0. The fraction of sp³-hybridized carbons (Fsp3) is 0.0667. The Morgan fingerprint density at radius 1 is 1.12 bits per heavy atom. The lowest BCUT2D eigenvalue weighted by Crippen LogP contribution is -2.25. The minimum absolute atomic E-state index is 0.0662. The van der Waals surface area contributed by atoms with Gasteiger partial charge in [-0.25, -0.2) is 14.4 Å². The van der Waals surface area contributed by atoms with E-state index >= 15 is 0 Å². The number of halogens is 1. The van der Waals surface area contributed by atoms with Crippen LogP contribution in [0.4, 0.5) is 9.80 Å². The Hall–Kier alpha value is -2.92. The van der Waals surface area contributed by atoms with E-state index in [-0.39, 0.29) is 17.1 Å². The Balaban J connectivity index is 2.01. The first-order valence-electron chi connectivity index (χ1n) is 6.88. The second kappa shape index (κ2) is 8.45. The van der Waals surface area contributed by atoms with Crippen molar-refractivity contribution in [2.75, 3.05) is 5.32 Å². The van der Waals surface area contributed by atoms with E-state index in [1.807, 2.05) is 5.32 Å². The van der Waals surface area contributed by atoms with Crippen molar-refractivity contribution >= 4 is 56.2 Å². The molecule has 4 N–H and O–H groups in total. The van der Waals surface area contributed by atoms with Gasteiger partial charge < -0.3 is 25.6 Å². The summed E-state index contributed by atoms with van der Waals surface area (Å²) in [5, 5.41) is 22.0. The first-order valence-corrected chi connectivity index (χ1v) is 8.48. The molecule has 0 aliphatic rings. The highest BCUT2D eigenvalue weighted by Crippen LogP contribution is 2.28. The number of amides is 2. The molecule has 1 aromatic carbocycles. The minimum atomic E-state index is -1.74. The SMILES string of the molecule is O=C(NCc1cc(C(=O)O)c(NC(=O)C(=O)O)s1)Oc1ccc(Br)cc1. The van der Waals surface area contributed by atoms with Crippen LogP contribution in [0.3, 0.4) is 0 Å². The van der Waals surface area contributed by atoms with Crippen molar-refractivity contribution in [2.24, 2.45) is 0 Å². The van der Waals surface area contributed by atoms with Crippen LogP contribution in [-0.2, 0) is 16.1 Å². The number of carboxylic acids is 2. The van der Waals surface area contributed by atoms with Crippen molar-refractivity contribution in [1.82, 2.24) is 5.32 Å². The number of carboxylic acid groups (broad SMARTS) is 2. The zero-order chi connectivity index (χ0) is 19.3. The molecule has 26 heavy (non-hydrogen) atoms. The van der Waals surface area contributed by atoms with Gasteiger partial charge in [0.15, 0.2) is 0 Å². The summed E-state index contributed by atoms with van der Waals surface area (Å²) >= 11 is 4.08. The average Bonchev–Trinajstić information content (AvgIpc) is 2.98. The summed E-state index contributed by atoms with van der Waals surface area (Å²) < 4.78 is 5.86. The van der Waals surface area contributed by atoms with Crippen molar-refractivity contribution in [3.05, 3.63) is 45.2 Å². The Bertz CT molecular complexity index is 863. The molecule has 9 nitrogen and oxygen atoms in total. The third kappa shape index (κ3) is 5.29. The van der Waals surface area contributed by atoms with Gasteiger partial charge in [-0.3, -0.25) is 4.79 Å². The molecule has 0 saturated carbocycles. The maximum Gasteiger partial charge on any atom is 0.412 e. The fourth-order valence-electron chi connectivity index (χ4n) is 1.74. The summed E-state index contributed by atoms with van der Waals surface area (Å²) in [4.78, 5) is 45.1. The molecule has 2 aromatic rings. The largest absolute Gasteiger partial charge is 0.478 e. The number of anilines is 1. The predicted molar refractivity (Wildman–Crippen MR) is 94.5 cm³/mol. The highest BCUT2D eigenvalue weighted by molar-refractivity contribution is 9.10. The molecule has 0 fully saturated rings. The van der Waals surface area contributed by atoms with Crippen LogP contribution in [0.2, 0.25) is 0 Å². The molecule has 0 saturated heterocycles. The average molecular weight is 443 g/mol. The number of hydrogen-bond acceptors (Lipinski definition) is 6. The van der Waals surface area contributed by atoms with E-state index in [9.17, 15) is 19.2 Å². The van der Waals surface area contributed by atoms with Crippen LogP contribution in [0.15, 0.2) is 34.8 Å². The minimum Gasteiger partial charge on any atom is -0.478 e. The van der Waals surface area contributed by atoms with Crippen LogP contribution in [0, 0.1) is 0 Å². The number of rotatable bonds is 5. The quantitative estimate of drug-likeness (QED) is 0.520. The van der Waals surface area contributed by atoms with E-state index in [1.165, 1.54) is 6.07 Å². The van der Waals surface area contributed by atoms with Crippen molar-refractivity contribution < 1.29 is 34.1 Å². The number of hydrogen-bond donors (Lipinski definition) is 4. The van der Waals surface area contributed by atoms with E-state index in [4.69, 9.17) is 14.9 Å². The number of ether oxygens (including phenoxy) is 1. The summed E-state index contributed by atoms with van der Waals surface area (Å²) in [6.45, 7) is -0.0662. The van der Waals surface area contributed by atoms with Crippen molar-refractivity contribution in [1.29, 1.82) is 0 Å². The molecule has 1 heterocycles. The first-order chi connectivity index (χ1) is 12.3. The van der Waals surface area contributed by atoms with Gasteiger partial charge in [0.25, 0.3) is 0 Å². The second-order valence-electron chi connectivity index (χ2n) is 4.72. The summed E-state index contributed by atoms with van der Waals surface area (Å²) in [6.07, 6.45) is -0.756. The lowest BCUT2D eigenvalue weighted by molar-refractivity contribution is -0.147. The molecule has 0 spiro atoms. The van der Waals surface area contributed by atoms with Gasteiger partial charge in [0.1, 0.15) is 10.8 Å². The van der Waals surface area contributed by atoms with Crippen molar-refractivity contribution in [2.45, 2.75) is 6.54 Å². The van der Waals surface area contributed by atoms with Crippen LogP contribution < -0.4 is 15.4 Å². The maximum absolute atomic E-state index is 11.8. The molecule has 136 valence electrons. The second-order valence-corrected chi connectivity index (χ2v) is 6.77. The molecule has 0 bridgehead atoms. The molecule has 2 amide bonds. The zero-order valence-electron chi connectivity index (χ0n) is 12.8. The number of aliphatic carboxylic acids is 1. The third-order valence-corrected chi connectivity index (χ3v) is 4.45. The van der Waals surface area contributed by atoms with Crippen LogP contribution in [0.25, 0.3) is 0 Å². The molecule has 0 atom stereocenters. The van der Waals surface area contributed by atoms with Gasteiger partial charge in [0.2, 0.25) is 0 Å². The number of nitrogens with one attached hydrogen (secondary N) is 2. The van der Waals surface area contributed by atoms with E-state index in [2.05, 4.69) is 21.2 Å². The topological polar surface area (TPSA) is 142 Å². The Morgan fingerprint density at radius 2 is 1.77 bits per heavy atom. The van der Waals surface area contributed by atoms with Gasteiger partial charge in [-0.2, -0.15) is 0 Å². The van der Waals surface area contributed by atoms with Gasteiger partial charge in [-0.05, 0) is 30.3 Å². The number of benzene rings is 1. The number of carbonyl (C=O) groups is 4. The molecular formula is C15H11BrN2O7S. The Morgan fingerprint density at radius 3 is 2.35 bits per heavy atom. The molecule has 0 aliphatic carbocycles. The lowest BCUT2D eigenvalue weighted by atomic mass is 10.3. The maximum atomic E-state index is 11.8. The smallest absolute Gasteiger partial charge is 0.412 e. The van der Waals surface area contributed by atoms with Gasteiger partial charge in [-0.1, -0.05) is 15.9 Å². The van der Waals surface area contributed by atoms with E-state index < -0.39 is 23.9 Å². The van der Waals surface area contributed by atoms with Gasteiger partial charge in [0.05, 0.1) is 12.1 Å². The number of carbonyl (C=O) groups excluding carboxylic acids is 2. The zero-order valence-corrected chi connectivity index (χ0v) is 15.2. The Labute approximate surface area is 158 Å². The molecule has 0 aliphatic heterocycles. The van der Waals surface area contributed by atoms with Crippen LogP contribution in [0.5, 0.6) is 5.75 Å². The highest BCUT2D eigenvalue weighted by atomic mass is 79.9. The predicted octanol–water partition coefficient (Wildman–Crippen LogP) is 2.52. The lowest BCUT2D eigenvalue weighted by Gasteiger charge is -2.05. The molecule has 0 radical (unpaired) electrons. The van der Waals surface area contributed by atoms with Crippen molar-refractivity contribution in [3.8, 4) is 5.75 Å². The standard InChI is InChI=1S/C15H11BrN2O7S/c16-7-1-3-8(4-2-7)25-15(24)17-6-9-5-10(13(20)21)12(26-9)18-11(19)14(22)23/h1-5H,6H2,(H,17,24)(H,18,19)(H,20,21)(H,22,23). The first kappa shape index (κ1) is 19.4. The third-order valence-electron chi connectivity index (χ3n) is 2.87. The molecule has 2 rings (SSSR count). The van der Waals surface area contributed by atoms with Crippen molar-refractivity contribution in [3.63, 3.8) is 0 Å². The Kier molecular flexibility index (Phi) is 6.31. The van der Waals surface area contributed by atoms with Gasteiger partial charge in [-0.15, -0.1) is 11.3 Å². The van der Waals surface area contributed by atoms with E-state index in [1.54, 1.807) is 24.3 Å².